The number of methoxy groups -OCH3 is 1. The van der Waals surface area contributed by atoms with E-state index in [1.807, 2.05) is 6.07 Å². The first kappa shape index (κ1) is 28.0. The lowest BCUT2D eigenvalue weighted by atomic mass is 9.83. The molecule has 1 aromatic rings. The first-order chi connectivity index (χ1) is 13.7. The van der Waals surface area contributed by atoms with Gasteiger partial charge < -0.3 is 15.0 Å². The molecule has 1 saturated heterocycles. The van der Waals surface area contributed by atoms with Crippen LogP contribution >= 0.6 is 40.7 Å². The third-order valence-electron chi connectivity index (χ3n) is 6.89. The van der Waals surface area contributed by atoms with Gasteiger partial charge in [0.2, 0.25) is 0 Å². The van der Waals surface area contributed by atoms with Crippen LogP contribution in [0, 0.1) is 11.8 Å². The van der Waals surface area contributed by atoms with Crippen molar-refractivity contribution in [2.75, 3.05) is 33.3 Å². The minimum Gasteiger partial charge on any atom is -0.497 e. The van der Waals surface area contributed by atoms with Crippen molar-refractivity contribution in [1.82, 2.24) is 10.2 Å². The van der Waals surface area contributed by atoms with Crippen molar-refractivity contribution in [1.29, 1.82) is 0 Å². The Kier molecular flexibility index (Phi) is 14.0. The second kappa shape index (κ2) is 14.9. The van der Waals surface area contributed by atoms with Gasteiger partial charge in [-0.25, -0.2) is 0 Å². The maximum absolute atomic E-state index is 5.40. The van der Waals surface area contributed by atoms with E-state index in [1.54, 1.807) is 7.11 Å². The van der Waals surface area contributed by atoms with Gasteiger partial charge in [-0.2, -0.15) is 0 Å². The quantitative estimate of drug-likeness (QED) is 0.399. The lowest BCUT2D eigenvalue weighted by molar-refractivity contribution is 0.174. The van der Waals surface area contributed by atoms with Gasteiger partial charge in [0.1, 0.15) is 5.75 Å². The summed E-state index contributed by atoms with van der Waals surface area (Å²) in [5.41, 5.74) is 1.39. The van der Waals surface area contributed by atoms with E-state index in [1.165, 1.54) is 87.5 Å². The van der Waals surface area contributed by atoms with E-state index in [2.05, 4.69) is 45.2 Å². The molecule has 0 bridgehead atoms. The summed E-state index contributed by atoms with van der Waals surface area (Å²) in [4.78, 5) is 2.71. The molecule has 0 spiro atoms. The van der Waals surface area contributed by atoms with E-state index in [9.17, 15) is 0 Å². The normalized spacial score (nSPS) is 22.8. The van der Waals surface area contributed by atoms with Crippen LogP contribution < -0.4 is 10.1 Å². The van der Waals surface area contributed by atoms with E-state index in [0.29, 0.717) is 0 Å². The third-order valence-corrected chi connectivity index (χ3v) is 7.67. The standard InChI is InChI=1S/C24H39BrN2O.2ClH/c1-3-26-22-8-6-19(7-9-22)5-4-14-27-15-12-20(13-16-27)17-21-18-23(28-2)10-11-24(21)25;;/h10-11,18-20,22,26H,3-9,12-17H2,1-2H3;2*1H/t19-,22+;;. The average molecular weight is 524 g/mol. The number of piperidine rings is 1. The van der Waals surface area contributed by atoms with E-state index >= 15 is 0 Å². The molecule has 30 heavy (non-hydrogen) atoms. The predicted octanol–water partition coefficient (Wildman–Crippen LogP) is 6.50. The fourth-order valence-electron chi connectivity index (χ4n) is 5.11. The van der Waals surface area contributed by atoms with Crippen LogP contribution in [0.5, 0.6) is 5.75 Å². The van der Waals surface area contributed by atoms with Gasteiger partial charge >= 0.3 is 0 Å². The van der Waals surface area contributed by atoms with Gasteiger partial charge in [0.15, 0.2) is 0 Å². The van der Waals surface area contributed by atoms with Crippen molar-refractivity contribution >= 4 is 40.7 Å². The highest BCUT2D eigenvalue weighted by atomic mass is 79.9. The predicted molar refractivity (Wildman–Crippen MR) is 137 cm³/mol. The number of hydrogen-bond acceptors (Lipinski definition) is 3. The van der Waals surface area contributed by atoms with Crippen molar-refractivity contribution in [3.05, 3.63) is 28.2 Å². The molecule has 1 N–H and O–H groups in total. The fraction of sp³-hybridized carbons (Fsp3) is 0.750. The van der Waals surface area contributed by atoms with E-state index in [0.717, 1.165) is 30.2 Å². The zero-order chi connectivity index (χ0) is 19.8. The van der Waals surface area contributed by atoms with Gasteiger partial charge in [-0.1, -0.05) is 22.9 Å². The monoisotopic (exact) mass is 522 g/mol. The minimum atomic E-state index is 0. The average Bonchev–Trinajstić information content (AvgIpc) is 2.72. The molecule has 174 valence electrons. The molecule has 2 aliphatic rings. The van der Waals surface area contributed by atoms with Crippen LogP contribution in [0.15, 0.2) is 22.7 Å². The molecule has 1 heterocycles. The maximum Gasteiger partial charge on any atom is 0.119 e. The number of ether oxygens (including phenoxy) is 1. The molecule has 2 fully saturated rings. The maximum atomic E-state index is 5.40. The molecule has 3 rings (SSSR count). The molecule has 0 aromatic heterocycles. The molecule has 1 aromatic carbocycles. The van der Waals surface area contributed by atoms with Crippen molar-refractivity contribution in [3.63, 3.8) is 0 Å². The Labute approximate surface area is 205 Å². The van der Waals surface area contributed by atoms with Crippen LogP contribution in [0.4, 0.5) is 0 Å². The Morgan fingerprint density at radius 1 is 1.03 bits per heavy atom. The highest BCUT2D eigenvalue weighted by Gasteiger charge is 2.22. The van der Waals surface area contributed by atoms with Crippen LogP contribution in [0.2, 0.25) is 0 Å². The largest absolute Gasteiger partial charge is 0.497 e. The van der Waals surface area contributed by atoms with Gasteiger partial charge in [0, 0.05) is 10.5 Å². The lowest BCUT2D eigenvalue weighted by Crippen LogP contribution is -2.35. The lowest BCUT2D eigenvalue weighted by Gasteiger charge is -2.33. The number of nitrogens with one attached hydrogen (secondary N) is 1. The molecule has 0 unspecified atom stereocenters. The van der Waals surface area contributed by atoms with Crippen LogP contribution in [-0.2, 0) is 6.42 Å². The molecule has 1 aliphatic heterocycles. The molecule has 6 heteroatoms. The van der Waals surface area contributed by atoms with Crippen LogP contribution in [0.3, 0.4) is 0 Å². The van der Waals surface area contributed by atoms with Crippen LogP contribution in [0.25, 0.3) is 0 Å². The summed E-state index contributed by atoms with van der Waals surface area (Å²) in [7, 11) is 1.75. The molecule has 3 nitrogen and oxygen atoms in total. The summed E-state index contributed by atoms with van der Waals surface area (Å²) in [6, 6.07) is 7.14. The number of halogens is 3. The second-order valence-electron chi connectivity index (χ2n) is 8.86. The van der Waals surface area contributed by atoms with Crippen molar-refractivity contribution < 1.29 is 4.74 Å². The van der Waals surface area contributed by atoms with Gasteiger partial charge in [0.25, 0.3) is 0 Å². The number of nitrogens with zero attached hydrogens (tertiary/aromatic N) is 1. The van der Waals surface area contributed by atoms with Crippen molar-refractivity contribution in [2.45, 2.75) is 70.8 Å². The third kappa shape index (κ3) is 8.86. The first-order valence-electron chi connectivity index (χ1n) is 11.5. The Morgan fingerprint density at radius 3 is 2.37 bits per heavy atom. The zero-order valence-corrected chi connectivity index (χ0v) is 21.9. The topological polar surface area (TPSA) is 24.5 Å². The Morgan fingerprint density at radius 2 is 1.73 bits per heavy atom. The van der Waals surface area contributed by atoms with Gasteiger partial charge in [-0.3, -0.25) is 0 Å². The van der Waals surface area contributed by atoms with Crippen molar-refractivity contribution in [2.24, 2.45) is 11.8 Å². The smallest absolute Gasteiger partial charge is 0.119 e. The Bertz CT molecular complexity index is 589. The summed E-state index contributed by atoms with van der Waals surface area (Å²) >= 11 is 3.71. The Hall–Kier alpha value is -0.000000000000000111. The minimum absolute atomic E-state index is 0. The van der Waals surface area contributed by atoms with Crippen molar-refractivity contribution in [3.8, 4) is 5.75 Å². The van der Waals surface area contributed by atoms with Crippen LogP contribution in [0.1, 0.15) is 63.9 Å². The second-order valence-corrected chi connectivity index (χ2v) is 9.72. The number of rotatable bonds is 9. The van der Waals surface area contributed by atoms with Gasteiger partial charge in [-0.05, 0) is 120 Å². The molecule has 0 radical (unpaired) electrons. The Balaban J connectivity index is 0.00000225. The SMILES string of the molecule is CCN[C@H]1CC[C@@H](CCCN2CCC(Cc3cc(OC)ccc3Br)CC2)CC1.Cl.Cl. The summed E-state index contributed by atoms with van der Waals surface area (Å²) in [6.45, 7) is 7.21. The summed E-state index contributed by atoms with van der Waals surface area (Å²) in [5.74, 6) is 2.76. The van der Waals surface area contributed by atoms with E-state index in [-0.39, 0.29) is 24.8 Å². The highest BCUT2D eigenvalue weighted by Crippen LogP contribution is 2.30. The van der Waals surface area contributed by atoms with Gasteiger partial charge in [-0.15, -0.1) is 24.8 Å². The molecular formula is C24H41BrCl2N2O. The summed E-state index contributed by atoms with van der Waals surface area (Å²) < 4.78 is 6.62. The van der Waals surface area contributed by atoms with E-state index in [4.69, 9.17) is 4.74 Å². The molecule has 1 aliphatic carbocycles. The zero-order valence-electron chi connectivity index (χ0n) is 18.7. The fourth-order valence-corrected chi connectivity index (χ4v) is 5.52. The number of hydrogen-bond donors (Lipinski definition) is 1. The molecule has 0 atom stereocenters. The summed E-state index contributed by atoms with van der Waals surface area (Å²) in [5, 5.41) is 3.63. The van der Waals surface area contributed by atoms with Gasteiger partial charge in [0.05, 0.1) is 7.11 Å². The van der Waals surface area contributed by atoms with Crippen LogP contribution in [-0.4, -0.2) is 44.2 Å². The molecule has 0 amide bonds. The number of likely N-dealkylation sites (tertiary alicyclic amines) is 1. The highest BCUT2D eigenvalue weighted by molar-refractivity contribution is 9.10. The summed E-state index contributed by atoms with van der Waals surface area (Å²) in [6.07, 6.45) is 12.3. The molecular weight excluding hydrogens is 483 g/mol. The molecule has 1 saturated carbocycles. The number of benzene rings is 1. The van der Waals surface area contributed by atoms with E-state index < -0.39 is 0 Å². The first-order valence-corrected chi connectivity index (χ1v) is 12.2.